The summed E-state index contributed by atoms with van der Waals surface area (Å²) in [5.74, 6) is 0. The van der Waals surface area contributed by atoms with E-state index in [0.29, 0.717) is 0 Å². The van der Waals surface area contributed by atoms with Gasteiger partial charge in [0, 0.05) is 11.0 Å². The topological polar surface area (TPSA) is 12.0 Å². The van der Waals surface area contributed by atoms with Gasteiger partial charge in [0.25, 0.3) is 0 Å². The molecule has 0 bridgehead atoms. The zero-order valence-corrected chi connectivity index (χ0v) is 10.5. The lowest BCUT2D eigenvalue weighted by Crippen LogP contribution is -2.14. The van der Waals surface area contributed by atoms with Crippen LogP contribution in [0.1, 0.15) is 30.9 Å². The third-order valence-electron chi connectivity index (χ3n) is 2.27. The minimum Gasteiger partial charge on any atom is -0.313 e. The van der Waals surface area contributed by atoms with E-state index in [-0.39, 0.29) is 0 Å². The molecule has 78 valence electrons. The van der Waals surface area contributed by atoms with Crippen LogP contribution in [0.3, 0.4) is 0 Å². The third kappa shape index (κ3) is 3.81. The van der Waals surface area contributed by atoms with Crippen LogP contribution >= 0.6 is 15.9 Å². The van der Waals surface area contributed by atoms with E-state index in [0.717, 1.165) is 13.1 Å². The zero-order valence-electron chi connectivity index (χ0n) is 8.94. The fourth-order valence-electron chi connectivity index (χ4n) is 1.28. The minimum atomic E-state index is 0.971. The number of benzene rings is 1. The van der Waals surface area contributed by atoms with Gasteiger partial charge in [0.15, 0.2) is 0 Å². The van der Waals surface area contributed by atoms with E-state index in [9.17, 15) is 0 Å². The Morgan fingerprint density at radius 1 is 1.36 bits per heavy atom. The highest BCUT2D eigenvalue weighted by Crippen LogP contribution is 2.17. The van der Waals surface area contributed by atoms with Crippen molar-refractivity contribution in [1.82, 2.24) is 5.32 Å². The summed E-state index contributed by atoms with van der Waals surface area (Å²) in [6, 6.07) is 6.52. The fourth-order valence-corrected chi connectivity index (χ4v) is 1.71. The molecule has 0 spiro atoms. The molecule has 0 saturated carbocycles. The van der Waals surface area contributed by atoms with Crippen LogP contribution in [0.4, 0.5) is 0 Å². The predicted molar refractivity (Wildman–Crippen MR) is 65.5 cm³/mol. The molecule has 0 aliphatic rings. The summed E-state index contributed by atoms with van der Waals surface area (Å²) in [5, 5.41) is 3.43. The Morgan fingerprint density at radius 2 is 2.14 bits per heavy atom. The molecule has 0 aromatic heterocycles. The molecule has 1 aromatic rings. The first kappa shape index (κ1) is 11.7. The Hall–Kier alpha value is -0.340. The van der Waals surface area contributed by atoms with E-state index >= 15 is 0 Å². The maximum absolute atomic E-state index is 3.54. The molecule has 0 aliphatic carbocycles. The molecule has 0 amide bonds. The van der Waals surface area contributed by atoms with Crippen LogP contribution in [0, 0.1) is 6.92 Å². The zero-order chi connectivity index (χ0) is 10.4. The molecule has 0 radical (unpaired) electrons. The summed E-state index contributed by atoms with van der Waals surface area (Å²) in [7, 11) is 0. The fraction of sp³-hybridized carbons (Fsp3) is 0.500. The van der Waals surface area contributed by atoms with Gasteiger partial charge < -0.3 is 5.32 Å². The van der Waals surface area contributed by atoms with Crippen molar-refractivity contribution in [3.8, 4) is 0 Å². The molecule has 14 heavy (non-hydrogen) atoms. The second-order valence-electron chi connectivity index (χ2n) is 3.61. The molecule has 1 aromatic carbocycles. The quantitative estimate of drug-likeness (QED) is 0.793. The highest BCUT2D eigenvalue weighted by molar-refractivity contribution is 9.10. The molecule has 1 nitrogen and oxygen atoms in total. The average molecular weight is 256 g/mol. The molecule has 2 heteroatoms. The molecular weight excluding hydrogens is 238 g/mol. The van der Waals surface area contributed by atoms with Crippen LogP contribution in [0.5, 0.6) is 0 Å². The van der Waals surface area contributed by atoms with Gasteiger partial charge in [0.2, 0.25) is 0 Å². The molecule has 0 unspecified atom stereocenters. The lowest BCUT2D eigenvalue weighted by molar-refractivity contribution is 0.641. The van der Waals surface area contributed by atoms with Gasteiger partial charge in [0.05, 0.1) is 0 Å². The minimum absolute atomic E-state index is 0.971. The molecule has 0 aliphatic heterocycles. The van der Waals surface area contributed by atoms with Gasteiger partial charge >= 0.3 is 0 Å². The van der Waals surface area contributed by atoms with E-state index in [2.05, 4.69) is 53.3 Å². The second-order valence-corrected chi connectivity index (χ2v) is 4.47. The van der Waals surface area contributed by atoms with Crippen LogP contribution in [0.15, 0.2) is 22.7 Å². The number of hydrogen-bond donors (Lipinski definition) is 1. The standard InChI is InChI=1S/C12H18BrN/c1-3-4-7-14-9-11-6-5-10(2)12(13)8-11/h5-6,8,14H,3-4,7,9H2,1-2H3. The van der Waals surface area contributed by atoms with Crippen molar-refractivity contribution in [3.05, 3.63) is 33.8 Å². The maximum Gasteiger partial charge on any atom is 0.0207 e. The van der Waals surface area contributed by atoms with Gasteiger partial charge in [-0.3, -0.25) is 0 Å². The van der Waals surface area contributed by atoms with Crippen LogP contribution in [-0.2, 0) is 6.54 Å². The molecule has 0 fully saturated rings. The first-order valence-corrected chi connectivity index (χ1v) is 5.99. The average Bonchev–Trinajstić information content (AvgIpc) is 2.18. The molecule has 1 N–H and O–H groups in total. The monoisotopic (exact) mass is 255 g/mol. The van der Waals surface area contributed by atoms with Gasteiger partial charge in [-0.15, -0.1) is 0 Å². The van der Waals surface area contributed by atoms with Crippen molar-refractivity contribution >= 4 is 15.9 Å². The lowest BCUT2D eigenvalue weighted by atomic mass is 10.1. The van der Waals surface area contributed by atoms with Gasteiger partial charge in [-0.05, 0) is 37.1 Å². The highest BCUT2D eigenvalue weighted by Gasteiger charge is 1.96. The number of aryl methyl sites for hydroxylation is 1. The van der Waals surface area contributed by atoms with Crippen molar-refractivity contribution in [2.75, 3.05) is 6.54 Å². The second kappa shape index (κ2) is 6.20. The summed E-state index contributed by atoms with van der Waals surface area (Å²) >= 11 is 3.54. The Bertz CT molecular complexity index is 284. The summed E-state index contributed by atoms with van der Waals surface area (Å²) < 4.78 is 1.20. The number of unbranched alkanes of at least 4 members (excludes halogenated alkanes) is 1. The van der Waals surface area contributed by atoms with E-state index in [1.54, 1.807) is 0 Å². The van der Waals surface area contributed by atoms with Crippen molar-refractivity contribution < 1.29 is 0 Å². The largest absolute Gasteiger partial charge is 0.313 e. The van der Waals surface area contributed by atoms with Gasteiger partial charge in [-0.25, -0.2) is 0 Å². The molecular formula is C12H18BrN. The van der Waals surface area contributed by atoms with Gasteiger partial charge in [-0.2, -0.15) is 0 Å². The first-order valence-electron chi connectivity index (χ1n) is 5.19. The first-order chi connectivity index (χ1) is 6.74. The Labute approximate surface area is 95.0 Å². The van der Waals surface area contributed by atoms with Gasteiger partial charge in [-0.1, -0.05) is 41.4 Å². The Kier molecular flexibility index (Phi) is 5.20. The summed E-state index contributed by atoms with van der Waals surface area (Å²) in [6.07, 6.45) is 2.51. The highest BCUT2D eigenvalue weighted by atomic mass is 79.9. The van der Waals surface area contributed by atoms with E-state index < -0.39 is 0 Å². The summed E-state index contributed by atoms with van der Waals surface area (Å²) in [6.45, 7) is 6.41. The van der Waals surface area contributed by atoms with Crippen LogP contribution in [-0.4, -0.2) is 6.54 Å². The normalized spacial score (nSPS) is 10.5. The number of nitrogens with one attached hydrogen (secondary N) is 1. The van der Waals surface area contributed by atoms with Gasteiger partial charge in [0.1, 0.15) is 0 Å². The predicted octanol–water partition coefficient (Wildman–Crippen LogP) is 3.65. The summed E-state index contributed by atoms with van der Waals surface area (Å²) in [4.78, 5) is 0. The number of rotatable bonds is 5. The van der Waals surface area contributed by atoms with E-state index in [1.165, 1.54) is 28.4 Å². The number of halogens is 1. The lowest BCUT2D eigenvalue weighted by Gasteiger charge is -2.05. The van der Waals surface area contributed by atoms with Crippen LogP contribution in [0.25, 0.3) is 0 Å². The van der Waals surface area contributed by atoms with Crippen molar-refractivity contribution in [1.29, 1.82) is 0 Å². The van der Waals surface area contributed by atoms with Crippen molar-refractivity contribution in [2.24, 2.45) is 0 Å². The SMILES string of the molecule is CCCCNCc1ccc(C)c(Br)c1. The maximum atomic E-state index is 3.54. The Balaban J connectivity index is 2.39. The molecule has 0 heterocycles. The van der Waals surface area contributed by atoms with Crippen molar-refractivity contribution in [2.45, 2.75) is 33.2 Å². The van der Waals surface area contributed by atoms with E-state index in [1.807, 2.05) is 0 Å². The molecule has 0 atom stereocenters. The third-order valence-corrected chi connectivity index (χ3v) is 3.13. The number of hydrogen-bond acceptors (Lipinski definition) is 1. The van der Waals surface area contributed by atoms with Crippen LogP contribution < -0.4 is 5.32 Å². The van der Waals surface area contributed by atoms with Crippen molar-refractivity contribution in [3.63, 3.8) is 0 Å². The molecule has 0 saturated heterocycles. The summed E-state index contributed by atoms with van der Waals surface area (Å²) in [5.41, 5.74) is 2.64. The van der Waals surface area contributed by atoms with E-state index in [4.69, 9.17) is 0 Å². The van der Waals surface area contributed by atoms with Crippen LogP contribution in [0.2, 0.25) is 0 Å². The molecule has 1 rings (SSSR count). The smallest absolute Gasteiger partial charge is 0.0207 e. The Morgan fingerprint density at radius 3 is 2.79 bits per heavy atom.